The number of nitrogens with zero attached hydrogens (tertiary/aromatic N) is 5. The van der Waals surface area contributed by atoms with E-state index in [1.165, 1.54) is 29.3 Å². The number of nitrogens with one attached hydrogen (secondary N) is 1. The molecular weight excluding hydrogens is 612 g/mol. The first-order valence-electron chi connectivity index (χ1n) is 17.7. The Morgan fingerprint density at radius 2 is 1.96 bits per heavy atom. The maximum absolute atomic E-state index is 17.0. The smallest absolute Gasteiger partial charge is 0.319 e. The van der Waals surface area contributed by atoms with Gasteiger partial charge < -0.3 is 20.1 Å². The highest BCUT2D eigenvalue weighted by Gasteiger charge is 2.77. The Kier molecular flexibility index (Phi) is 5.25. The molecule has 4 atom stereocenters. The zero-order chi connectivity index (χ0) is 35.9. The number of hydrogen-bond acceptors (Lipinski definition) is 8. The fraction of sp³-hybridized carbons (Fsp3) is 0.457. The standard InChI is InChI=1S/C35H32F4N6O2/c1-2-23-26(36)7-4-19-10-22(46)11-24(27(19)23)29-28(37)30-25(12-40-29)31(44-13-20-5-6-21(14-44)41-20)43-32(42-30)47-18-34-8-3-9-45(34)17-33(15-34)16-35(33,38)39/h1,4,7,10-12,20-21,41,46H,3,5-6,8-9,13-18H2/t20-,21+,33-,34-/m0/s1/i9D2,18D2. The van der Waals surface area contributed by atoms with Crippen LogP contribution in [0.1, 0.15) is 49.6 Å². The van der Waals surface area contributed by atoms with Crippen LogP contribution in [0, 0.1) is 29.4 Å². The number of terminal acetylenes is 1. The molecule has 0 radical (unpaired) electrons. The number of rotatable bonds is 5. The van der Waals surface area contributed by atoms with Crippen LogP contribution in [0.5, 0.6) is 11.8 Å². The molecule has 1 saturated carbocycles. The Hall–Kier alpha value is -4.21. The number of hydrogen-bond donors (Lipinski definition) is 2. The quantitative estimate of drug-likeness (QED) is 0.220. The molecule has 1 aliphatic carbocycles. The number of anilines is 1. The molecule has 5 aliphatic rings. The maximum Gasteiger partial charge on any atom is 0.319 e. The number of benzene rings is 2. The summed E-state index contributed by atoms with van der Waals surface area (Å²) in [6.45, 7) is -4.17. The van der Waals surface area contributed by atoms with Gasteiger partial charge in [0.2, 0.25) is 0 Å². The third kappa shape index (κ3) is 4.32. The van der Waals surface area contributed by atoms with Crippen LogP contribution in [0.25, 0.3) is 32.9 Å². The summed E-state index contributed by atoms with van der Waals surface area (Å²) in [5.41, 5.74) is -4.10. The van der Waals surface area contributed by atoms with Crippen molar-refractivity contribution in [3.63, 3.8) is 0 Å². The number of halogens is 4. The Morgan fingerprint density at radius 1 is 1.17 bits per heavy atom. The monoisotopic (exact) mass is 648 g/mol. The van der Waals surface area contributed by atoms with Gasteiger partial charge in [-0.05, 0) is 62.2 Å². The summed E-state index contributed by atoms with van der Waals surface area (Å²) in [5.74, 6) is -2.49. The summed E-state index contributed by atoms with van der Waals surface area (Å²) in [6, 6.07) is 4.82. The van der Waals surface area contributed by atoms with Crippen molar-refractivity contribution < 1.29 is 32.9 Å². The lowest BCUT2D eigenvalue weighted by atomic mass is 9.89. The van der Waals surface area contributed by atoms with Crippen LogP contribution in [-0.4, -0.2) is 81.2 Å². The lowest BCUT2D eigenvalue weighted by Crippen LogP contribution is -2.51. The molecule has 4 saturated heterocycles. The van der Waals surface area contributed by atoms with E-state index in [2.05, 4.69) is 26.2 Å². The Morgan fingerprint density at radius 3 is 2.70 bits per heavy atom. The van der Waals surface area contributed by atoms with Gasteiger partial charge in [0.1, 0.15) is 35.2 Å². The first-order chi connectivity index (χ1) is 24.1. The van der Waals surface area contributed by atoms with E-state index in [0.717, 1.165) is 18.9 Å². The number of fused-ring (bicyclic) bond motifs is 5. The number of phenolic OH excluding ortho intramolecular Hbond substituents is 1. The molecule has 2 aromatic carbocycles. The van der Waals surface area contributed by atoms with Crippen molar-refractivity contribution in [2.45, 2.75) is 62.1 Å². The van der Waals surface area contributed by atoms with Gasteiger partial charge in [0.05, 0.1) is 24.6 Å². The molecule has 0 unspecified atom stereocenters. The van der Waals surface area contributed by atoms with Crippen LogP contribution >= 0.6 is 0 Å². The van der Waals surface area contributed by atoms with Crippen LogP contribution < -0.4 is 15.0 Å². The molecule has 0 amide bonds. The molecular formula is C35H32F4N6O2. The van der Waals surface area contributed by atoms with E-state index >= 15 is 4.39 Å². The van der Waals surface area contributed by atoms with Gasteiger partial charge in [0.25, 0.3) is 5.92 Å². The van der Waals surface area contributed by atoms with E-state index in [4.69, 9.17) is 13.9 Å². The van der Waals surface area contributed by atoms with E-state index in [9.17, 15) is 21.0 Å². The number of aromatic nitrogens is 3. The highest BCUT2D eigenvalue weighted by Crippen LogP contribution is 2.69. The van der Waals surface area contributed by atoms with Crippen molar-refractivity contribution in [2.24, 2.45) is 5.41 Å². The highest BCUT2D eigenvalue weighted by atomic mass is 19.3. The third-order valence-corrected chi connectivity index (χ3v) is 10.6. The lowest BCUT2D eigenvalue weighted by Gasteiger charge is -2.34. The van der Waals surface area contributed by atoms with Crippen molar-refractivity contribution in [3.8, 4) is 35.4 Å². The second-order valence-electron chi connectivity index (χ2n) is 13.5. The predicted octanol–water partition coefficient (Wildman–Crippen LogP) is 5.39. The van der Waals surface area contributed by atoms with Crippen LogP contribution in [0.4, 0.5) is 23.4 Å². The van der Waals surface area contributed by atoms with E-state index in [-0.39, 0.29) is 82.6 Å². The maximum atomic E-state index is 17.0. The van der Waals surface area contributed by atoms with Crippen LogP contribution in [0.2, 0.25) is 0 Å². The minimum Gasteiger partial charge on any atom is -0.508 e. The Bertz CT molecular complexity index is 2210. The molecule has 4 aliphatic heterocycles. The average Bonchev–Trinajstić information content (AvgIpc) is 3.35. The lowest BCUT2D eigenvalue weighted by molar-refractivity contribution is 0.0647. The molecule has 5 fully saturated rings. The fourth-order valence-corrected chi connectivity index (χ4v) is 8.24. The van der Waals surface area contributed by atoms with Gasteiger partial charge in [0, 0.05) is 58.0 Å². The van der Waals surface area contributed by atoms with Gasteiger partial charge in [0.15, 0.2) is 5.82 Å². The van der Waals surface area contributed by atoms with Gasteiger partial charge in [-0.15, -0.1) is 6.42 Å². The summed E-state index contributed by atoms with van der Waals surface area (Å²) in [6.07, 6.45) is 7.87. The zero-order valence-electron chi connectivity index (χ0n) is 29.1. The van der Waals surface area contributed by atoms with Crippen molar-refractivity contribution in [1.82, 2.24) is 25.2 Å². The molecule has 1 spiro atoms. The Labute approximate surface area is 273 Å². The van der Waals surface area contributed by atoms with E-state index < -0.39 is 54.0 Å². The van der Waals surface area contributed by atoms with E-state index in [1.807, 2.05) is 4.90 Å². The molecule has 9 rings (SSSR count). The van der Waals surface area contributed by atoms with Crippen LogP contribution in [-0.2, 0) is 0 Å². The van der Waals surface area contributed by atoms with E-state index in [1.54, 1.807) is 0 Å². The van der Waals surface area contributed by atoms with Crippen molar-refractivity contribution in [2.75, 3.05) is 37.6 Å². The summed E-state index contributed by atoms with van der Waals surface area (Å²) < 4.78 is 103. The summed E-state index contributed by atoms with van der Waals surface area (Å²) >= 11 is 0. The molecule has 2 N–H and O–H groups in total. The highest BCUT2D eigenvalue weighted by molar-refractivity contribution is 6.03. The number of aromatic hydroxyl groups is 1. The van der Waals surface area contributed by atoms with Crippen molar-refractivity contribution in [3.05, 3.63) is 47.7 Å². The number of phenols is 1. The number of alkyl halides is 2. The normalized spacial score (nSPS) is 31.8. The zero-order valence-corrected chi connectivity index (χ0v) is 25.1. The molecule has 8 nitrogen and oxygen atoms in total. The van der Waals surface area contributed by atoms with E-state index in [0.29, 0.717) is 18.5 Å². The SMILES string of the molecule is [2H]C1([2H])CC[C@@]2(C([2H])([2H])Oc3nc(N4C[C@H]5CC[C@@H](C4)N5)c4cnc(-c5cc(O)cc6ccc(F)c(C#C)c56)c(F)c4n3)C[C@@]3(CN12)CC3(F)F. The Balaban J connectivity index is 1.21. The number of piperazine rings is 1. The van der Waals surface area contributed by atoms with Crippen molar-refractivity contribution in [1.29, 1.82) is 0 Å². The van der Waals surface area contributed by atoms with Gasteiger partial charge in [-0.25, -0.2) is 17.6 Å². The van der Waals surface area contributed by atoms with Gasteiger partial charge in [-0.3, -0.25) is 9.88 Å². The number of pyridine rings is 1. The molecule has 242 valence electrons. The van der Waals surface area contributed by atoms with Crippen molar-refractivity contribution >= 4 is 27.5 Å². The first kappa shape index (κ1) is 24.9. The molecule has 4 aromatic rings. The van der Waals surface area contributed by atoms with Gasteiger partial charge in [-0.2, -0.15) is 9.97 Å². The van der Waals surface area contributed by atoms with Gasteiger partial charge in [-0.1, -0.05) is 12.0 Å². The topological polar surface area (TPSA) is 86.6 Å². The van der Waals surface area contributed by atoms with Crippen LogP contribution in [0.15, 0.2) is 30.5 Å². The molecule has 6 heterocycles. The average molecular weight is 649 g/mol. The fourth-order valence-electron chi connectivity index (χ4n) is 8.24. The summed E-state index contributed by atoms with van der Waals surface area (Å²) in [4.78, 5) is 16.5. The molecule has 2 bridgehead atoms. The second-order valence-corrected chi connectivity index (χ2v) is 13.5. The third-order valence-electron chi connectivity index (χ3n) is 10.6. The molecule has 47 heavy (non-hydrogen) atoms. The minimum absolute atomic E-state index is 0.000592. The predicted molar refractivity (Wildman–Crippen MR) is 168 cm³/mol. The van der Waals surface area contributed by atoms with Crippen LogP contribution in [0.3, 0.4) is 0 Å². The summed E-state index contributed by atoms with van der Waals surface area (Å²) in [7, 11) is 0. The minimum atomic E-state index is -3.06. The number of ether oxygens (including phenoxy) is 1. The molecule has 12 heteroatoms. The van der Waals surface area contributed by atoms with Gasteiger partial charge >= 0.3 is 6.01 Å². The second kappa shape index (κ2) is 9.90. The summed E-state index contributed by atoms with van der Waals surface area (Å²) in [5, 5.41) is 14.8. The first-order valence-corrected chi connectivity index (χ1v) is 15.7. The molecule has 2 aromatic heterocycles. The largest absolute Gasteiger partial charge is 0.508 e.